The Morgan fingerprint density at radius 3 is 2.57 bits per heavy atom. The van der Waals surface area contributed by atoms with Crippen LogP contribution < -0.4 is 10.1 Å². The van der Waals surface area contributed by atoms with Crippen molar-refractivity contribution in [3.63, 3.8) is 0 Å². The first-order valence-corrected chi connectivity index (χ1v) is 7.05. The zero-order valence-corrected chi connectivity index (χ0v) is 12.2. The van der Waals surface area contributed by atoms with Crippen molar-refractivity contribution in [1.29, 1.82) is 0 Å². The molecule has 1 N–H and O–H groups in total. The second kappa shape index (κ2) is 6.85. The molecule has 1 amide bonds. The van der Waals surface area contributed by atoms with Crippen molar-refractivity contribution < 1.29 is 18.3 Å². The van der Waals surface area contributed by atoms with Crippen molar-refractivity contribution >= 4 is 5.91 Å². The molecule has 1 fully saturated rings. The molecule has 2 rings (SSSR count). The van der Waals surface area contributed by atoms with Gasteiger partial charge in [-0.15, -0.1) is 0 Å². The molecule has 1 aliphatic heterocycles. The first-order valence-electron chi connectivity index (χ1n) is 7.05. The van der Waals surface area contributed by atoms with Crippen LogP contribution in [-0.2, 0) is 4.79 Å². The molecule has 1 aromatic rings. The average Bonchev–Trinajstić information content (AvgIpc) is 2.78. The van der Waals surface area contributed by atoms with Gasteiger partial charge in [0.15, 0.2) is 0 Å². The summed E-state index contributed by atoms with van der Waals surface area (Å²) in [5.41, 5.74) is 0.867. The SMILES string of the molecule is CC(C)CCN1C(=O)CNC1c1ccc(OC(F)F)cc1. The Balaban J connectivity index is 2.06. The normalized spacial score (nSPS) is 18.9. The van der Waals surface area contributed by atoms with E-state index in [-0.39, 0.29) is 17.8 Å². The molecular weight excluding hydrogens is 278 g/mol. The number of benzene rings is 1. The molecule has 0 aromatic heterocycles. The summed E-state index contributed by atoms with van der Waals surface area (Å²) in [5, 5.41) is 3.14. The molecule has 116 valence electrons. The summed E-state index contributed by atoms with van der Waals surface area (Å²) in [6.45, 7) is 2.38. The summed E-state index contributed by atoms with van der Waals surface area (Å²) in [6, 6.07) is 6.39. The highest BCUT2D eigenvalue weighted by Gasteiger charge is 2.31. The number of rotatable bonds is 6. The van der Waals surface area contributed by atoms with Crippen molar-refractivity contribution in [3.05, 3.63) is 29.8 Å². The van der Waals surface area contributed by atoms with Gasteiger partial charge in [-0.2, -0.15) is 8.78 Å². The van der Waals surface area contributed by atoms with E-state index in [1.54, 1.807) is 17.0 Å². The van der Waals surface area contributed by atoms with Gasteiger partial charge < -0.3 is 9.64 Å². The van der Waals surface area contributed by atoms with Crippen LogP contribution in [-0.4, -0.2) is 30.5 Å². The number of carbonyl (C=O) groups excluding carboxylic acids is 1. The Bertz CT molecular complexity index is 477. The molecule has 1 unspecified atom stereocenters. The fourth-order valence-electron chi connectivity index (χ4n) is 2.32. The van der Waals surface area contributed by atoms with Crippen LogP contribution in [0.15, 0.2) is 24.3 Å². The lowest BCUT2D eigenvalue weighted by Gasteiger charge is -2.25. The number of nitrogens with one attached hydrogen (secondary N) is 1. The largest absolute Gasteiger partial charge is 0.435 e. The number of alkyl halides is 2. The highest BCUT2D eigenvalue weighted by molar-refractivity contribution is 5.80. The molecule has 1 aliphatic rings. The number of ether oxygens (including phenoxy) is 1. The minimum atomic E-state index is -2.83. The Kier molecular flexibility index (Phi) is 5.12. The summed E-state index contributed by atoms with van der Waals surface area (Å²) in [4.78, 5) is 13.7. The maximum absolute atomic E-state index is 12.1. The highest BCUT2D eigenvalue weighted by Crippen LogP contribution is 2.25. The monoisotopic (exact) mass is 298 g/mol. The van der Waals surface area contributed by atoms with Crippen molar-refractivity contribution in [1.82, 2.24) is 10.2 Å². The molecule has 0 radical (unpaired) electrons. The lowest BCUT2D eigenvalue weighted by atomic mass is 10.1. The Morgan fingerprint density at radius 2 is 2.00 bits per heavy atom. The maximum atomic E-state index is 12.1. The number of carbonyl (C=O) groups is 1. The molecule has 21 heavy (non-hydrogen) atoms. The number of amides is 1. The molecule has 1 aromatic carbocycles. The summed E-state index contributed by atoms with van der Waals surface area (Å²) in [5.74, 6) is 0.696. The van der Waals surface area contributed by atoms with Gasteiger partial charge in [-0.05, 0) is 30.0 Å². The molecule has 1 heterocycles. The predicted molar refractivity (Wildman–Crippen MR) is 75.0 cm³/mol. The van der Waals surface area contributed by atoms with Crippen LogP contribution in [0.3, 0.4) is 0 Å². The van der Waals surface area contributed by atoms with Crippen molar-refractivity contribution in [2.45, 2.75) is 33.0 Å². The van der Waals surface area contributed by atoms with Gasteiger partial charge in [0.1, 0.15) is 11.9 Å². The standard InChI is InChI=1S/C15H20F2N2O2/c1-10(2)7-8-19-13(20)9-18-14(19)11-3-5-12(6-4-11)21-15(16)17/h3-6,10,14-15,18H,7-9H2,1-2H3. The quantitative estimate of drug-likeness (QED) is 0.878. The topological polar surface area (TPSA) is 41.6 Å². The maximum Gasteiger partial charge on any atom is 0.387 e. The van der Waals surface area contributed by atoms with Gasteiger partial charge >= 0.3 is 6.61 Å². The zero-order valence-electron chi connectivity index (χ0n) is 12.2. The van der Waals surface area contributed by atoms with Gasteiger partial charge in [-0.25, -0.2) is 0 Å². The predicted octanol–water partition coefficient (Wildman–Crippen LogP) is 2.76. The number of halogens is 2. The Hall–Kier alpha value is -1.69. The summed E-state index contributed by atoms with van der Waals surface area (Å²) < 4.78 is 28.6. The molecule has 0 spiro atoms. The van der Waals surface area contributed by atoms with E-state index in [1.165, 1.54) is 12.1 Å². The first kappa shape index (κ1) is 15.7. The van der Waals surface area contributed by atoms with Gasteiger partial charge in [-0.1, -0.05) is 26.0 Å². The molecule has 1 atom stereocenters. The van der Waals surface area contributed by atoms with E-state index in [4.69, 9.17) is 0 Å². The third-order valence-corrected chi connectivity index (χ3v) is 3.45. The molecule has 6 heteroatoms. The van der Waals surface area contributed by atoms with Gasteiger partial charge in [0.25, 0.3) is 0 Å². The van der Waals surface area contributed by atoms with Crippen molar-refractivity contribution in [2.24, 2.45) is 5.92 Å². The Morgan fingerprint density at radius 1 is 1.33 bits per heavy atom. The third kappa shape index (κ3) is 4.14. The molecule has 0 saturated carbocycles. The van der Waals surface area contributed by atoms with Crippen LogP contribution in [0.5, 0.6) is 5.75 Å². The summed E-state index contributed by atoms with van der Waals surface area (Å²) in [6.07, 6.45) is 0.730. The molecule has 4 nitrogen and oxygen atoms in total. The minimum Gasteiger partial charge on any atom is -0.435 e. The van der Waals surface area contributed by atoms with Gasteiger partial charge in [0, 0.05) is 6.54 Å². The van der Waals surface area contributed by atoms with Crippen LogP contribution >= 0.6 is 0 Å². The highest BCUT2D eigenvalue weighted by atomic mass is 19.3. The van der Waals surface area contributed by atoms with Gasteiger partial charge in [-0.3, -0.25) is 10.1 Å². The molecular formula is C15H20F2N2O2. The zero-order chi connectivity index (χ0) is 15.4. The minimum absolute atomic E-state index is 0.0635. The molecule has 1 saturated heterocycles. The van der Waals surface area contributed by atoms with E-state index in [0.717, 1.165) is 12.0 Å². The lowest BCUT2D eigenvalue weighted by Crippen LogP contribution is -2.31. The van der Waals surface area contributed by atoms with Gasteiger partial charge in [0.05, 0.1) is 6.54 Å². The number of nitrogens with zero attached hydrogens (tertiary/aromatic N) is 1. The van der Waals surface area contributed by atoms with Gasteiger partial charge in [0.2, 0.25) is 5.91 Å². The van der Waals surface area contributed by atoms with Crippen LogP contribution in [0.1, 0.15) is 32.0 Å². The van der Waals surface area contributed by atoms with Crippen molar-refractivity contribution in [3.8, 4) is 5.75 Å². The second-order valence-corrected chi connectivity index (χ2v) is 5.50. The second-order valence-electron chi connectivity index (χ2n) is 5.50. The van der Waals surface area contributed by atoms with E-state index >= 15 is 0 Å². The van der Waals surface area contributed by atoms with E-state index in [0.29, 0.717) is 19.0 Å². The number of hydrogen-bond donors (Lipinski definition) is 1. The lowest BCUT2D eigenvalue weighted by molar-refractivity contribution is -0.128. The summed E-state index contributed by atoms with van der Waals surface area (Å²) >= 11 is 0. The first-order chi connectivity index (χ1) is 9.97. The fraction of sp³-hybridized carbons (Fsp3) is 0.533. The van der Waals surface area contributed by atoms with E-state index < -0.39 is 6.61 Å². The third-order valence-electron chi connectivity index (χ3n) is 3.45. The van der Waals surface area contributed by atoms with E-state index in [2.05, 4.69) is 23.9 Å². The molecule has 0 aliphatic carbocycles. The van der Waals surface area contributed by atoms with Crippen LogP contribution in [0, 0.1) is 5.92 Å². The average molecular weight is 298 g/mol. The van der Waals surface area contributed by atoms with Crippen molar-refractivity contribution in [2.75, 3.05) is 13.1 Å². The number of hydrogen-bond acceptors (Lipinski definition) is 3. The van der Waals surface area contributed by atoms with Crippen LogP contribution in [0.25, 0.3) is 0 Å². The summed E-state index contributed by atoms with van der Waals surface area (Å²) in [7, 11) is 0. The smallest absolute Gasteiger partial charge is 0.387 e. The van der Waals surface area contributed by atoms with E-state index in [1.807, 2.05) is 0 Å². The fourth-order valence-corrected chi connectivity index (χ4v) is 2.32. The van der Waals surface area contributed by atoms with Crippen LogP contribution in [0.4, 0.5) is 8.78 Å². The van der Waals surface area contributed by atoms with E-state index in [9.17, 15) is 13.6 Å². The molecule has 0 bridgehead atoms. The van der Waals surface area contributed by atoms with Crippen LogP contribution in [0.2, 0.25) is 0 Å². The Labute approximate surface area is 123 Å².